The number of H-pyrrole nitrogens is 1. The number of ether oxygens (including phenoxy) is 1. The van der Waals surface area contributed by atoms with Crippen LogP contribution in [0.2, 0.25) is 0 Å². The van der Waals surface area contributed by atoms with Gasteiger partial charge < -0.3 is 19.4 Å². The number of aromatic amines is 1. The lowest BCUT2D eigenvalue weighted by molar-refractivity contribution is -0.140. The standard InChI is InChI=1S/C26H22F3N7O2/c1-36-11-18(26(27,28)29)34-24(36)15-7-5-14(6-8-15)22(37)16-9-30-17-10-31-23(35-21(16)17)19-20(13-3-4-13)32-12-33-25(19)38-2/h5-13,22,30,37H,3-4H2,1-2H3/i2D3. The Bertz CT molecular complexity index is 1750. The van der Waals surface area contributed by atoms with E-state index in [1.165, 1.54) is 24.1 Å². The molecule has 4 aromatic heterocycles. The van der Waals surface area contributed by atoms with Gasteiger partial charge in [0.05, 0.1) is 34.1 Å². The van der Waals surface area contributed by atoms with Gasteiger partial charge in [0, 0.05) is 36.5 Å². The maximum atomic E-state index is 13.1. The van der Waals surface area contributed by atoms with E-state index in [-0.39, 0.29) is 29.0 Å². The molecule has 1 fully saturated rings. The van der Waals surface area contributed by atoms with Gasteiger partial charge in [0.2, 0.25) is 5.88 Å². The van der Waals surface area contributed by atoms with Gasteiger partial charge >= 0.3 is 6.18 Å². The van der Waals surface area contributed by atoms with Crippen LogP contribution >= 0.6 is 0 Å². The number of halogens is 3. The average molecular weight is 525 g/mol. The molecule has 6 rings (SSSR count). The van der Waals surface area contributed by atoms with Crippen LogP contribution in [0.3, 0.4) is 0 Å². The second kappa shape index (κ2) is 8.91. The molecule has 0 spiro atoms. The second-order valence-corrected chi connectivity index (χ2v) is 9.10. The lowest BCUT2D eigenvalue weighted by Gasteiger charge is -2.12. The SMILES string of the molecule is [2H]C([2H])([2H])Oc1ncnc(C2CC2)c1-c1ncc2[nH]cc(C(O)c3ccc(-c4nc(C(F)(F)F)cn4C)cc3)c2n1. The number of aliphatic hydroxyl groups is 1. The Labute approximate surface area is 218 Å². The van der Waals surface area contributed by atoms with E-state index >= 15 is 0 Å². The molecule has 194 valence electrons. The van der Waals surface area contributed by atoms with Crippen LogP contribution in [0.4, 0.5) is 13.2 Å². The predicted octanol–water partition coefficient (Wildman–Crippen LogP) is 4.80. The summed E-state index contributed by atoms with van der Waals surface area (Å²) in [5.74, 6) is 0.233. The van der Waals surface area contributed by atoms with Crippen molar-refractivity contribution in [1.82, 2.24) is 34.5 Å². The third kappa shape index (κ3) is 4.16. The normalized spacial score (nSPS) is 16.2. The molecule has 0 radical (unpaired) electrons. The van der Waals surface area contributed by atoms with Gasteiger partial charge in [-0.3, -0.25) is 0 Å². The zero-order chi connectivity index (χ0) is 29.1. The Hall–Kier alpha value is -4.32. The third-order valence-corrected chi connectivity index (χ3v) is 6.52. The van der Waals surface area contributed by atoms with Crippen LogP contribution in [0.1, 0.15) is 51.5 Å². The van der Waals surface area contributed by atoms with Gasteiger partial charge in [0.15, 0.2) is 11.5 Å². The molecule has 12 heteroatoms. The molecule has 0 amide bonds. The average Bonchev–Trinajstić information content (AvgIpc) is 3.55. The number of nitrogens with one attached hydrogen (secondary N) is 1. The molecule has 9 nitrogen and oxygen atoms in total. The highest BCUT2D eigenvalue weighted by Crippen LogP contribution is 2.45. The first-order valence-electron chi connectivity index (χ1n) is 13.2. The van der Waals surface area contributed by atoms with E-state index in [4.69, 9.17) is 8.85 Å². The lowest BCUT2D eigenvalue weighted by Crippen LogP contribution is -2.05. The van der Waals surface area contributed by atoms with Crippen molar-refractivity contribution in [3.8, 4) is 28.7 Å². The highest BCUT2D eigenvalue weighted by Gasteiger charge is 2.35. The maximum absolute atomic E-state index is 13.1. The molecule has 0 saturated heterocycles. The van der Waals surface area contributed by atoms with Gasteiger partial charge in [-0.25, -0.2) is 24.9 Å². The molecule has 1 aliphatic carbocycles. The topological polar surface area (TPSA) is 115 Å². The summed E-state index contributed by atoms with van der Waals surface area (Å²) < 4.78 is 68.3. The Morgan fingerprint density at radius 2 is 1.95 bits per heavy atom. The van der Waals surface area contributed by atoms with Gasteiger partial charge in [-0.2, -0.15) is 13.2 Å². The number of imidazole rings is 1. The minimum atomic E-state index is -4.56. The number of aromatic nitrogens is 7. The van der Waals surface area contributed by atoms with Gasteiger partial charge in [0.1, 0.15) is 23.8 Å². The van der Waals surface area contributed by atoms with Crippen LogP contribution in [0.15, 0.2) is 49.2 Å². The first kappa shape index (κ1) is 20.7. The van der Waals surface area contributed by atoms with E-state index < -0.39 is 25.0 Å². The summed E-state index contributed by atoms with van der Waals surface area (Å²) in [6.07, 6.45) is 1.30. The quantitative estimate of drug-likeness (QED) is 0.328. The van der Waals surface area contributed by atoms with E-state index in [0.29, 0.717) is 33.4 Å². The fourth-order valence-electron chi connectivity index (χ4n) is 4.46. The van der Waals surface area contributed by atoms with Gasteiger partial charge in [0.25, 0.3) is 0 Å². The molecule has 38 heavy (non-hydrogen) atoms. The third-order valence-electron chi connectivity index (χ3n) is 6.52. The minimum Gasteiger partial charge on any atom is -0.480 e. The predicted molar refractivity (Wildman–Crippen MR) is 131 cm³/mol. The molecule has 0 aliphatic heterocycles. The smallest absolute Gasteiger partial charge is 0.434 e. The number of alkyl halides is 3. The summed E-state index contributed by atoms with van der Waals surface area (Å²) in [4.78, 5) is 24.2. The van der Waals surface area contributed by atoms with Crippen molar-refractivity contribution in [2.75, 3.05) is 7.04 Å². The van der Waals surface area contributed by atoms with Gasteiger partial charge in [-0.1, -0.05) is 24.3 Å². The van der Waals surface area contributed by atoms with Crippen LogP contribution < -0.4 is 4.74 Å². The van der Waals surface area contributed by atoms with Crippen molar-refractivity contribution >= 4 is 11.0 Å². The molecule has 1 unspecified atom stereocenters. The molecule has 0 bridgehead atoms. The van der Waals surface area contributed by atoms with Crippen LogP contribution in [-0.4, -0.2) is 46.6 Å². The van der Waals surface area contributed by atoms with Crippen LogP contribution in [0.25, 0.3) is 33.8 Å². The zero-order valence-electron chi connectivity index (χ0n) is 22.9. The monoisotopic (exact) mass is 524 g/mol. The summed E-state index contributed by atoms with van der Waals surface area (Å²) in [6.45, 7) is 0. The highest BCUT2D eigenvalue weighted by atomic mass is 19.4. The first-order chi connectivity index (χ1) is 19.4. The van der Waals surface area contributed by atoms with E-state index in [1.807, 2.05) is 0 Å². The van der Waals surface area contributed by atoms with Crippen molar-refractivity contribution in [1.29, 1.82) is 0 Å². The number of aryl methyl sites for hydroxylation is 1. The Kier molecular flexibility index (Phi) is 4.85. The molecule has 2 N–H and O–H groups in total. The van der Waals surface area contributed by atoms with Crippen molar-refractivity contribution in [2.45, 2.75) is 31.0 Å². The van der Waals surface area contributed by atoms with Crippen molar-refractivity contribution in [2.24, 2.45) is 7.05 Å². The molecule has 1 aliphatic rings. The summed E-state index contributed by atoms with van der Waals surface area (Å²) in [6, 6.07) is 6.36. The zero-order valence-corrected chi connectivity index (χ0v) is 19.9. The number of methoxy groups -OCH3 is 1. The van der Waals surface area contributed by atoms with Crippen molar-refractivity contribution < 1.29 is 27.1 Å². The van der Waals surface area contributed by atoms with Crippen LogP contribution in [0.5, 0.6) is 5.88 Å². The summed E-state index contributed by atoms with van der Waals surface area (Å²) >= 11 is 0. The number of hydrogen-bond acceptors (Lipinski definition) is 7. The minimum absolute atomic E-state index is 0.104. The number of aliphatic hydroxyl groups excluding tert-OH is 1. The van der Waals surface area contributed by atoms with Crippen molar-refractivity contribution in [3.63, 3.8) is 0 Å². The summed E-state index contributed by atoms with van der Waals surface area (Å²) in [5, 5.41) is 11.3. The van der Waals surface area contributed by atoms with Gasteiger partial charge in [-0.15, -0.1) is 0 Å². The Balaban J connectivity index is 1.36. The largest absolute Gasteiger partial charge is 0.480 e. The Morgan fingerprint density at radius 1 is 1.16 bits per heavy atom. The van der Waals surface area contributed by atoms with E-state index in [1.54, 1.807) is 30.5 Å². The second-order valence-electron chi connectivity index (χ2n) is 9.10. The molecular formula is C26H22F3N7O2. The van der Waals surface area contributed by atoms with Crippen molar-refractivity contribution in [3.05, 3.63) is 71.7 Å². The molecule has 4 heterocycles. The number of rotatable bonds is 6. The summed E-state index contributed by atoms with van der Waals surface area (Å²) in [5.41, 5.74) is 2.12. The number of fused-ring (bicyclic) bond motifs is 1. The molecule has 1 atom stereocenters. The number of hydrogen-bond donors (Lipinski definition) is 2. The van der Waals surface area contributed by atoms with Crippen LogP contribution in [0, 0.1) is 0 Å². The molecule has 1 saturated carbocycles. The summed E-state index contributed by atoms with van der Waals surface area (Å²) in [7, 11) is -1.27. The van der Waals surface area contributed by atoms with Crippen LogP contribution in [-0.2, 0) is 13.2 Å². The molecule has 1 aromatic carbocycles. The fourth-order valence-corrected chi connectivity index (χ4v) is 4.46. The van der Waals surface area contributed by atoms with Gasteiger partial charge in [-0.05, 0) is 18.4 Å². The van der Waals surface area contributed by atoms with E-state index in [9.17, 15) is 18.3 Å². The molecule has 5 aromatic rings. The maximum Gasteiger partial charge on any atom is 0.434 e. The molecular weight excluding hydrogens is 499 g/mol. The number of benzene rings is 1. The van der Waals surface area contributed by atoms with E-state index in [0.717, 1.165) is 19.0 Å². The fraction of sp³-hybridized carbons (Fsp3) is 0.269. The lowest BCUT2D eigenvalue weighted by atomic mass is 10.0. The Morgan fingerprint density at radius 3 is 2.63 bits per heavy atom. The number of nitrogens with zero attached hydrogens (tertiary/aromatic N) is 6. The highest BCUT2D eigenvalue weighted by molar-refractivity contribution is 5.82. The van der Waals surface area contributed by atoms with E-state index in [2.05, 4.69) is 29.9 Å². The first-order valence-corrected chi connectivity index (χ1v) is 11.7.